The number of rotatable bonds is 6. The van der Waals surface area contributed by atoms with Crippen molar-refractivity contribution >= 4 is 0 Å². The Kier molecular flexibility index (Phi) is 5.47. The second kappa shape index (κ2) is 6.46. The van der Waals surface area contributed by atoms with Crippen molar-refractivity contribution < 1.29 is 4.39 Å². The summed E-state index contributed by atoms with van der Waals surface area (Å²) in [6, 6.07) is 4.86. The van der Waals surface area contributed by atoms with E-state index in [1.165, 1.54) is 6.07 Å². The number of likely N-dealkylation sites (N-methyl/N-ethyl adjacent to an activating group) is 1. The third kappa shape index (κ3) is 2.96. The van der Waals surface area contributed by atoms with Crippen LogP contribution in [0.5, 0.6) is 0 Å². The molecule has 0 aliphatic rings. The smallest absolute Gasteiger partial charge is 0.123 e. The van der Waals surface area contributed by atoms with Crippen molar-refractivity contribution in [3.8, 4) is 0 Å². The molecule has 0 heterocycles. The highest BCUT2D eigenvalue weighted by Gasteiger charge is 2.38. The van der Waals surface area contributed by atoms with Gasteiger partial charge in [0.05, 0.1) is 6.04 Å². The molecule has 19 heavy (non-hydrogen) atoms. The topological polar surface area (TPSA) is 41.3 Å². The van der Waals surface area contributed by atoms with Crippen LogP contribution in [-0.2, 0) is 0 Å². The van der Waals surface area contributed by atoms with E-state index in [0.717, 1.165) is 24.0 Å². The third-order valence-corrected chi connectivity index (χ3v) is 4.36. The highest BCUT2D eigenvalue weighted by atomic mass is 19.1. The van der Waals surface area contributed by atoms with Gasteiger partial charge in [0.2, 0.25) is 0 Å². The van der Waals surface area contributed by atoms with Crippen molar-refractivity contribution in [2.75, 3.05) is 14.1 Å². The molecular formula is C15H26FN3. The lowest BCUT2D eigenvalue weighted by molar-refractivity contribution is 0.0879. The summed E-state index contributed by atoms with van der Waals surface area (Å²) in [4.78, 5) is 2.21. The first-order valence-corrected chi connectivity index (χ1v) is 6.82. The minimum absolute atomic E-state index is 0.0295. The molecule has 0 aromatic heterocycles. The molecule has 4 heteroatoms. The molecule has 1 rings (SSSR count). The second-order valence-corrected chi connectivity index (χ2v) is 5.31. The minimum Gasteiger partial charge on any atom is -0.302 e. The summed E-state index contributed by atoms with van der Waals surface area (Å²) >= 11 is 0. The first-order valence-electron chi connectivity index (χ1n) is 6.82. The highest BCUT2D eigenvalue weighted by Crippen LogP contribution is 2.36. The van der Waals surface area contributed by atoms with Gasteiger partial charge in [-0.1, -0.05) is 19.9 Å². The van der Waals surface area contributed by atoms with E-state index in [1.807, 2.05) is 13.0 Å². The van der Waals surface area contributed by atoms with Gasteiger partial charge in [-0.25, -0.2) is 4.39 Å². The van der Waals surface area contributed by atoms with Crippen LogP contribution in [0.15, 0.2) is 18.2 Å². The van der Waals surface area contributed by atoms with Crippen molar-refractivity contribution in [3.05, 3.63) is 35.1 Å². The summed E-state index contributed by atoms with van der Waals surface area (Å²) in [6.45, 7) is 6.24. The number of hydrogen-bond acceptors (Lipinski definition) is 3. The summed E-state index contributed by atoms with van der Waals surface area (Å²) in [5.41, 5.74) is 4.84. The van der Waals surface area contributed by atoms with Gasteiger partial charge in [-0.3, -0.25) is 11.3 Å². The number of nitrogens with two attached hydrogens (primary N) is 1. The maximum Gasteiger partial charge on any atom is 0.123 e. The van der Waals surface area contributed by atoms with Crippen LogP contribution < -0.4 is 11.3 Å². The molecule has 0 aliphatic carbocycles. The van der Waals surface area contributed by atoms with E-state index in [1.54, 1.807) is 6.07 Å². The van der Waals surface area contributed by atoms with Gasteiger partial charge < -0.3 is 4.90 Å². The van der Waals surface area contributed by atoms with Crippen molar-refractivity contribution in [1.29, 1.82) is 0 Å². The van der Waals surface area contributed by atoms with Crippen LogP contribution in [0.4, 0.5) is 4.39 Å². The van der Waals surface area contributed by atoms with Gasteiger partial charge >= 0.3 is 0 Å². The van der Waals surface area contributed by atoms with Crippen molar-refractivity contribution in [2.45, 2.75) is 45.2 Å². The van der Waals surface area contributed by atoms with Crippen molar-refractivity contribution in [3.63, 3.8) is 0 Å². The first-order chi connectivity index (χ1) is 8.92. The lowest BCUT2D eigenvalue weighted by Crippen LogP contribution is -2.54. The Balaban J connectivity index is 3.31. The van der Waals surface area contributed by atoms with E-state index >= 15 is 0 Å². The Bertz CT molecular complexity index is 414. The Labute approximate surface area is 116 Å². The largest absolute Gasteiger partial charge is 0.302 e. The molecular weight excluding hydrogens is 241 g/mol. The van der Waals surface area contributed by atoms with Gasteiger partial charge in [0.1, 0.15) is 5.82 Å². The predicted octanol–water partition coefficient (Wildman–Crippen LogP) is 2.76. The lowest BCUT2D eigenvalue weighted by atomic mass is 9.79. The van der Waals surface area contributed by atoms with E-state index in [-0.39, 0.29) is 17.4 Å². The standard InChI is InChI=1S/C15H26FN3/c1-6-15(7-2,19(4)5)14(18-17)13-9-8-12(16)10-11(13)3/h8-10,14,18H,6-7,17H2,1-5H3. The summed E-state index contributed by atoms with van der Waals surface area (Å²) in [6.07, 6.45) is 1.92. The van der Waals surface area contributed by atoms with E-state index in [0.29, 0.717) is 0 Å². The number of hydrogen-bond donors (Lipinski definition) is 2. The zero-order valence-corrected chi connectivity index (χ0v) is 12.6. The fourth-order valence-electron chi connectivity index (χ4n) is 3.05. The van der Waals surface area contributed by atoms with Gasteiger partial charge in [-0.2, -0.15) is 0 Å². The molecule has 0 aliphatic heterocycles. The number of nitrogens with zero attached hydrogens (tertiary/aromatic N) is 1. The summed E-state index contributed by atoms with van der Waals surface area (Å²) in [5.74, 6) is 5.61. The zero-order valence-electron chi connectivity index (χ0n) is 12.6. The molecule has 3 nitrogen and oxygen atoms in total. The summed E-state index contributed by atoms with van der Waals surface area (Å²) in [5, 5.41) is 0. The molecule has 1 unspecified atom stereocenters. The molecule has 0 radical (unpaired) electrons. The molecule has 108 valence electrons. The molecule has 0 saturated heterocycles. The normalized spacial score (nSPS) is 13.9. The van der Waals surface area contributed by atoms with Gasteiger partial charge in [0.15, 0.2) is 0 Å². The van der Waals surface area contributed by atoms with Crippen LogP contribution in [0.1, 0.15) is 43.9 Å². The summed E-state index contributed by atoms with van der Waals surface area (Å²) in [7, 11) is 4.13. The zero-order chi connectivity index (χ0) is 14.6. The first kappa shape index (κ1) is 16.1. The maximum absolute atomic E-state index is 13.3. The number of hydrazine groups is 1. The van der Waals surface area contributed by atoms with E-state index < -0.39 is 0 Å². The molecule has 1 aromatic rings. The second-order valence-electron chi connectivity index (χ2n) is 5.31. The SMILES string of the molecule is CCC(CC)(C(NN)c1ccc(F)cc1C)N(C)C. The number of halogens is 1. The monoisotopic (exact) mass is 267 g/mol. The Morgan fingerprint density at radius 3 is 2.26 bits per heavy atom. The van der Waals surface area contributed by atoms with Crippen LogP contribution in [0.3, 0.4) is 0 Å². The van der Waals surface area contributed by atoms with Crippen LogP contribution in [0.25, 0.3) is 0 Å². The third-order valence-electron chi connectivity index (χ3n) is 4.36. The number of benzene rings is 1. The fraction of sp³-hybridized carbons (Fsp3) is 0.600. The van der Waals surface area contributed by atoms with Crippen LogP contribution in [0.2, 0.25) is 0 Å². The minimum atomic E-state index is -0.208. The van der Waals surface area contributed by atoms with E-state index in [2.05, 4.69) is 38.3 Å². The highest BCUT2D eigenvalue weighted by molar-refractivity contribution is 5.32. The molecule has 1 aromatic carbocycles. The average molecular weight is 267 g/mol. The molecule has 3 N–H and O–H groups in total. The van der Waals surface area contributed by atoms with E-state index in [9.17, 15) is 4.39 Å². The predicted molar refractivity (Wildman–Crippen MR) is 78.2 cm³/mol. The molecule has 1 atom stereocenters. The maximum atomic E-state index is 13.3. The molecule has 0 spiro atoms. The van der Waals surface area contributed by atoms with Crippen LogP contribution in [0, 0.1) is 12.7 Å². The Morgan fingerprint density at radius 2 is 1.89 bits per heavy atom. The van der Waals surface area contributed by atoms with Gasteiger partial charge in [-0.15, -0.1) is 0 Å². The van der Waals surface area contributed by atoms with Crippen LogP contribution in [-0.4, -0.2) is 24.5 Å². The average Bonchev–Trinajstić information content (AvgIpc) is 2.37. The molecule has 0 fully saturated rings. The number of aryl methyl sites for hydroxylation is 1. The van der Waals surface area contributed by atoms with Crippen molar-refractivity contribution in [1.82, 2.24) is 10.3 Å². The fourth-order valence-corrected chi connectivity index (χ4v) is 3.05. The molecule has 0 saturated carbocycles. The van der Waals surface area contributed by atoms with Gasteiger partial charge in [-0.05, 0) is 57.1 Å². The summed E-state index contributed by atoms with van der Waals surface area (Å²) < 4.78 is 13.3. The van der Waals surface area contributed by atoms with E-state index in [4.69, 9.17) is 5.84 Å². The van der Waals surface area contributed by atoms with Gasteiger partial charge in [0, 0.05) is 5.54 Å². The van der Waals surface area contributed by atoms with Crippen molar-refractivity contribution in [2.24, 2.45) is 5.84 Å². The quantitative estimate of drug-likeness (QED) is 0.615. The van der Waals surface area contributed by atoms with Gasteiger partial charge in [0.25, 0.3) is 0 Å². The van der Waals surface area contributed by atoms with Crippen LogP contribution >= 0.6 is 0 Å². The number of nitrogens with one attached hydrogen (secondary N) is 1. The Hall–Kier alpha value is -0.970. The lowest BCUT2D eigenvalue weighted by Gasteiger charge is -2.45. The Morgan fingerprint density at radius 1 is 1.32 bits per heavy atom. The molecule has 0 amide bonds. The molecule has 0 bridgehead atoms.